The molecule has 1 aliphatic heterocycles. The van der Waals surface area contributed by atoms with Gasteiger partial charge in [0.05, 0.1) is 40.4 Å². The first-order valence-electron chi connectivity index (χ1n) is 9.36. The molecule has 2 aromatic rings. The molecule has 5 nitrogen and oxygen atoms in total. The van der Waals surface area contributed by atoms with Crippen LogP contribution in [0.1, 0.15) is 11.1 Å². The van der Waals surface area contributed by atoms with E-state index in [0.29, 0.717) is 5.75 Å². The summed E-state index contributed by atoms with van der Waals surface area (Å²) in [6.45, 7) is 4.29. The molecule has 0 radical (unpaired) electrons. The zero-order chi connectivity index (χ0) is 19.9. The molecule has 1 amide bonds. The number of carbonyl (C=O) groups excluding carboxylic acids is 1. The van der Waals surface area contributed by atoms with E-state index in [0.717, 1.165) is 49.1 Å². The maximum Gasteiger partial charge on any atom is 0.246 e. The molecule has 0 aromatic heterocycles. The van der Waals surface area contributed by atoms with Crippen LogP contribution in [0.15, 0.2) is 48.5 Å². The van der Waals surface area contributed by atoms with Gasteiger partial charge in [0, 0.05) is 28.3 Å². The molecule has 0 saturated carbocycles. The lowest BCUT2D eigenvalue weighted by Crippen LogP contribution is -3.13. The van der Waals surface area contributed by atoms with Crippen molar-refractivity contribution in [3.05, 3.63) is 64.7 Å². The molecule has 0 unspecified atom stereocenters. The van der Waals surface area contributed by atoms with Gasteiger partial charge in [-0.1, -0.05) is 23.7 Å². The number of methoxy groups -OCH3 is 2. The lowest BCUT2D eigenvalue weighted by atomic mass is 10.1. The molecule has 1 heterocycles. The van der Waals surface area contributed by atoms with Crippen molar-refractivity contribution in [2.24, 2.45) is 0 Å². The summed E-state index contributed by atoms with van der Waals surface area (Å²) in [4.78, 5) is 15.9. The normalized spacial score (nSPS) is 15.0. The van der Waals surface area contributed by atoms with Gasteiger partial charge in [-0.05, 0) is 30.3 Å². The van der Waals surface area contributed by atoms with Gasteiger partial charge in [-0.2, -0.15) is 0 Å². The second kappa shape index (κ2) is 9.62. The summed E-state index contributed by atoms with van der Waals surface area (Å²) in [5, 5.41) is 0.768. The number of amides is 1. The number of nitrogens with one attached hydrogen (secondary N) is 1. The third-order valence-electron chi connectivity index (χ3n) is 4.97. The van der Waals surface area contributed by atoms with E-state index in [1.807, 2.05) is 41.3 Å². The third kappa shape index (κ3) is 5.27. The predicted octanol–water partition coefficient (Wildman–Crippen LogP) is 2.30. The van der Waals surface area contributed by atoms with Gasteiger partial charge in [-0.3, -0.25) is 4.79 Å². The van der Waals surface area contributed by atoms with Crippen LogP contribution in [0.3, 0.4) is 0 Å². The average Bonchev–Trinajstić information content (AvgIpc) is 2.72. The van der Waals surface area contributed by atoms with Crippen LogP contribution in [0.5, 0.6) is 11.5 Å². The highest BCUT2D eigenvalue weighted by Gasteiger charge is 2.22. The average molecular weight is 402 g/mol. The quantitative estimate of drug-likeness (QED) is 0.755. The fourth-order valence-corrected chi connectivity index (χ4v) is 3.59. The summed E-state index contributed by atoms with van der Waals surface area (Å²) in [6.07, 6.45) is 3.41. The van der Waals surface area contributed by atoms with Crippen LogP contribution in [0.25, 0.3) is 6.08 Å². The summed E-state index contributed by atoms with van der Waals surface area (Å²) in [6, 6.07) is 13.5. The van der Waals surface area contributed by atoms with E-state index in [1.54, 1.807) is 26.4 Å². The van der Waals surface area contributed by atoms with Crippen molar-refractivity contribution in [2.45, 2.75) is 6.54 Å². The van der Waals surface area contributed by atoms with Gasteiger partial charge < -0.3 is 19.3 Å². The molecule has 0 atom stereocenters. The molecule has 0 spiro atoms. The number of quaternary nitrogens is 1. The van der Waals surface area contributed by atoms with Gasteiger partial charge in [0.15, 0.2) is 0 Å². The van der Waals surface area contributed by atoms with Crippen LogP contribution < -0.4 is 14.4 Å². The summed E-state index contributed by atoms with van der Waals surface area (Å²) < 4.78 is 10.6. The smallest absolute Gasteiger partial charge is 0.246 e. The van der Waals surface area contributed by atoms with E-state index in [4.69, 9.17) is 21.1 Å². The molecule has 148 valence electrons. The summed E-state index contributed by atoms with van der Waals surface area (Å²) in [5.41, 5.74) is 2.08. The van der Waals surface area contributed by atoms with E-state index in [2.05, 4.69) is 6.07 Å². The maximum atomic E-state index is 12.6. The minimum absolute atomic E-state index is 0.0275. The van der Waals surface area contributed by atoms with Crippen molar-refractivity contribution in [1.29, 1.82) is 0 Å². The highest BCUT2D eigenvalue weighted by atomic mass is 35.5. The Kier molecular flexibility index (Phi) is 6.95. The molecule has 28 heavy (non-hydrogen) atoms. The molecule has 2 aromatic carbocycles. The Hall–Kier alpha value is -2.50. The molecule has 1 saturated heterocycles. The Morgan fingerprint density at radius 2 is 1.93 bits per heavy atom. The van der Waals surface area contributed by atoms with Crippen molar-refractivity contribution in [1.82, 2.24) is 4.90 Å². The Morgan fingerprint density at radius 1 is 1.14 bits per heavy atom. The topological polar surface area (TPSA) is 43.2 Å². The van der Waals surface area contributed by atoms with E-state index in [-0.39, 0.29) is 5.91 Å². The van der Waals surface area contributed by atoms with Crippen LogP contribution >= 0.6 is 11.6 Å². The monoisotopic (exact) mass is 401 g/mol. The van der Waals surface area contributed by atoms with Crippen molar-refractivity contribution < 1.29 is 19.2 Å². The lowest BCUT2D eigenvalue weighted by molar-refractivity contribution is -0.917. The molecule has 1 fully saturated rings. The number of nitrogens with zero attached hydrogens (tertiary/aromatic N) is 1. The van der Waals surface area contributed by atoms with Gasteiger partial charge in [-0.25, -0.2) is 0 Å². The summed E-state index contributed by atoms with van der Waals surface area (Å²) in [5.74, 6) is 1.43. The zero-order valence-electron chi connectivity index (χ0n) is 16.3. The Balaban J connectivity index is 1.54. The van der Waals surface area contributed by atoms with Crippen molar-refractivity contribution in [3.63, 3.8) is 0 Å². The molecule has 0 aliphatic carbocycles. The minimum atomic E-state index is 0.0275. The van der Waals surface area contributed by atoms with Crippen LogP contribution in [0.4, 0.5) is 0 Å². The number of halogens is 1. The van der Waals surface area contributed by atoms with E-state index in [1.165, 1.54) is 10.5 Å². The first-order chi connectivity index (χ1) is 13.6. The molecular formula is C22H26ClN2O3+. The lowest BCUT2D eigenvalue weighted by Gasteiger charge is -2.31. The molecule has 1 N–H and O–H groups in total. The van der Waals surface area contributed by atoms with Gasteiger partial charge in [-0.15, -0.1) is 0 Å². The van der Waals surface area contributed by atoms with Crippen LogP contribution in [-0.2, 0) is 11.3 Å². The van der Waals surface area contributed by atoms with Gasteiger partial charge in [0.25, 0.3) is 0 Å². The SMILES string of the molecule is COc1ccc(/C=C/C(=O)N2CC[NH+](Cc3cccc(Cl)c3)CC2)c(OC)c1. The first-order valence-corrected chi connectivity index (χ1v) is 9.74. The second-order valence-corrected chi connectivity index (χ2v) is 7.26. The number of benzene rings is 2. The van der Waals surface area contributed by atoms with Gasteiger partial charge in [0.1, 0.15) is 18.0 Å². The zero-order valence-corrected chi connectivity index (χ0v) is 17.0. The number of hydrogen-bond donors (Lipinski definition) is 1. The van der Waals surface area contributed by atoms with Crippen molar-refractivity contribution >= 4 is 23.6 Å². The second-order valence-electron chi connectivity index (χ2n) is 6.82. The Labute approximate surface area is 171 Å². The molecule has 0 bridgehead atoms. The first kappa shape index (κ1) is 20.2. The van der Waals surface area contributed by atoms with Crippen LogP contribution in [0.2, 0.25) is 5.02 Å². The largest absolute Gasteiger partial charge is 0.497 e. The Morgan fingerprint density at radius 3 is 2.61 bits per heavy atom. The Bertz CT molecular complexity index is 845. The number of carbonyl (C=O) groups is 1. The summed E-state index contributed by atoms with van der Waals surface area (Å²) in [7, 11) is 3.22. The van der Waals surface area contributed by atoms with Crippen LogP contribution in [0, 0.1) is 0 Å². The van der Waals surface area contributed by atoms with E-state index >= 15 is 0 Å². The van der Waals surface area contributed by atoms with Crippen molar-refractivity contribution in [3.8, 4) is 11.5 Å². The third-order valence-corrected chi connectivity index (χ3v) is 5.21. The fourth-order valence-electron chi connectivity index (χ4n) is 3.38. The standard InChI is InChI=1S/C22H25ClN2O3/c1-27-20-8-6-18(21(15-20)28-2)7-9-22(26)25-12-10-24(11-13-25)16-17-4-3-5-19(23)14-17/h3-9,14-15H,10-13,16H2,1-2H3/p+1/b9-7+. The molecule has 6 heteroatoms. The number of piperazine rings is 1. The number of hydrogen-bond acceptors (Lipinski definition) is 3. The van der Waals surface area contributed by atoms with E-state index < -0.39 is 0 Å². The highest BCUT2D eigenvalue weighted by Crippen LogP contribution is 2.25. The minimum Gasteiger partial charge on any atom is -0.497 e. The predicted molar refractivity (Wildman–Crippen MR) is 111 cm³/mol. The number of rotatable bonds is 6. The van der Waals surface area contributed by atoms with Crippen molar-refractivity contribution in [2.75, 3.05) is 40.4 Å². The molecular weight excluding hydrogens is 376 g/mol. The fraction of sp³-hybridized carbons (Fsp3) is 0.318. The van der Waals surface area contributed by atoms with E-state index in [9.17, 15) is 4.79 Å². The maximum absolute atomic E-state index is 12.6. The highest BCUT2D eigenvalue weighted by molar-refractivity contribution is 6.30. The number of ether oxygens (including phenoxy) is 2. The van der Waals surface area contributed by atoms with Gasteiger partial charge >= 0.3 is 0 Å². The molecule has 1 aliphatic rings. The van der Waals surface area contributed by atoms with Crippen LogP contribution in [-0.4, -0.2) is 51.2 Å². The molecule has 3 rings (SSSR count). The van der Waals surface area contributed by atoms with Gasteiger partial charge in [0.2, 0.25) is 5.91 Å². The summed E-state index contributed by atoms with van der Waals surface area (Å²) >= 11 is 6.07.